The topological polar surface area (TPSA) is 125 Å². The Morgan fingerprint density at radius 2 is 2.09 bits per heavy atom. The quantitative estimate of drug-likeness (QED) is 0.465. The zero-order chi connectivity index (χ0) is 24.6. The molecular weight excluding hydrogens is 460 g/mol. The Morgan fingerprint density at radius 1 is 1.32 bits per heavy atom. The van der Waals surface area contributed by atoms with Crippen LogP contribution in [0, 0.1) is 0 Å². The molecule has 1 saturated heterocycles. The summed E-state index contributed by atoms with van der Waals surface area (Å²) in [6.07, 6.45) is 2.36. The van der Waals surface area contributed by atoms with Gasteiger partial charge in [0.1, 0.15) is 5.69 Å². The van der Waals surface area contributed by atoms with Crippen molar-refractivity contribution in [3.05, 3.63) is 36.2 Å². The van der Waals surface area contributed by atoms with E-state index in [0.29, 0.717) is 35.5 Å². The molecule has 0 unspecified atom stereocenters. The lowest BCUT2D eigenvalue weighted by Crippen LogP contribution is -2.46. The lowest BCUT2D eigenvalue weighted by molar-refractivity contribution is -0.141. The fourth-order valence-corrected chi connectivity index (χ4v) is 5.97. The summed E-state index contributed by atoms with van der Waals surface area (Å²) in [6.45, 7) is 7.50. The average molecular weight is 489 g/mol. The van der Waals surface area contributed by atoms with Gasteiger partial charge in [-0.1, -0.05) is 0 Å². The molecule has 3 aromatic heterocycles. The zero-order valence-electron chi connectivity index (χ0n) is 19.6. The number of aromatic nitrogens is 3. The van der Waals surface area contributed by atoms with E-state index in [-0.39, 0.29) is 23.1 Å². The number of ether oxygens (including phenoxy) is 1. The summed E-state index contributed by atoms with van der Waals surface area (Å²) in [5.41, 5.74) is 1.16. The number of carbonyl (C=O) groups is 2. The summed E-state index contributed by atoms with van der Waals surface area (Å²) in [4.78, 5) is 32.4. The number of esters is 1. The first-order valence-electron chi connectivity index (χ1n) is 11.2. The van der Waals surface area contributed by atoms with Crippen molar-refractivity contribution in [1.82, 2.24) is 19.7 Å². The maximum atomic E-state index is 13.2. The molecule has 1 aliphatic rings. The van der Waals surface area contributed by atoms with Crippen LogP contribution in [0.15, 0.2) is 35.1 Å². The van der Waals surface area contributed by atoms with Crippen molar-refractivity contribution in [3.63, 3.8) is 0 Å². The molecule has 3 aromatic rings. The first-order valence-corrected chi connectivity index (χ1v) is 13.1. The number of nitrogens with zero attached hydrogens (tertiary/aromatic N) is 4. The fraction of sp³-hybridized carbons (Fsp3) is 0.478. The van der Waals surface area contributed by atoms with E-state index in [1.54, 1.807) is 36.0 Å². The number of pyridine rings is 1. The van der Waals surface area contributed by atoms with Gasteiger partial charge in [0, 0.05) is 18.6 Å². The molecule has 0 saturated carbocycles. The second kappa shape index (κ2) is 9.21. The van der Waals surface area contributed by atoms with Crippen molar-refractivity contribution in [2.45, 2.75) is 52.3 Å². The van der Waals surface area contributed by atoms with Crippen LogP contribution in [0.25, 0.3) is 22.5 Å². The van der Waals surface area contributed by atoms with Crippen LogP contribution in [0.5, 0.6) is 0 Å². The Hall–Kier alpha value is -3.21. The van der Waals surface area contributed by atoms with Gasteiger partial charge in [0.05, 0.1) is 34.9 Å². The van der Waals surface area contributed by atoms with Gasteiger partial charge >= 0.3 is 5.97 Å². The van der Waals surface area contributed by atoms with E-state index in [1.807, 2.05) is 13.8 Å². The molecule has 4 rings (SSSR count). The van der Waals surface area contributed by atoms with Crippen LogP contribution in [0.4, 0.5) is 0 Å². The predicted octanol–water partition coefficient (Wildman–Crippen LogP) is 2.85. The largest absolute Gasteiger partial charge is 0.463 e. The van der Waals surface area contributed by atoms with Crippen molar-refractivity contribution in [1.29, 1.82) is 0 Å². The molecule has 1 fully saturated rings. The highest BCUT2D eigenvalue weighted by atomic mass is 32.2. The maximum absolute atomic E-state index is 13.2. The van der Waals surface area contributed by atoms with E-state index < -0.39 is 33.9 Å². The van der Waals surface area contributed by atoms with Crippen molar-refractivity contribution < 1.29 is 27.2 Å². The number of hydrogen-bond donors (Lipinski definition) is 0. The van der Waals surface area contributed by atoms with Crippen LogP contribution in [-0.2, 0) is 19.4 Å². The highest BCUT2D eigenvalue weighted by molar-refractivity contribution is 7.91. The van der Waals surface area contributed by atoms with Crippen LogP contribution in [0.1, 0.15) is 50.5 Å². The van der Waals surface area contributed by atoms with Gasteiger partial charge in [-0.3, -0.25) is 4.79 Å². The molecule has 0 spiro atoms. The molecule has 0 aliphatic carbocycles. The number of fused-ring (bicyclic) bond motifs is 1. The number of carbonyl (C=O) groups excluding carboxylic acids is 2. The van der Waals surface area contributed by atoms with Gasteiger partial charge in [-0.2, -0.15) is 5.10 Å². The van der Waals surface area contributed by atoms with Crippen LogP contribution >= 0.6 is 0 Å². The molecule has 4 heterocycles. The monoisotopic (exact) mass is 488 g/mol. The molecule has 182 valence electrons. The van der Waals surface area contributed by atoms with Crippen LogP contribution in [-0.4, -0.2) is 70.2 Å². The highest BCUT2D eigenvalue weighted by Gasteiger charge is 2.36. The number of rotatable bonds is 7. The maximum Gasteiger partial charge on any atom is 0.339 e. The Labute approximate surface area is 197 Å². The zero-order valence-corrected chi connectivity index (χ0v) is 20.4. The normalized spacial score (nSPS) is 18.3. The van der Waals surface area contributed by atoms with Gasteiger partial charge in [0.2, 0.25) is 0 Å². The van der Waals surface area contributed by atoms with E-state index in [2.05, 4.69) is 10.1 Å². The number of amides is 1. The third kappa shape index (κ3) is 4.56. The first kappa shape index (κ1) is 23.9. The Balaban J connectivity index is 1.62. The van der Waals surface area contributed by atoms with E-state index >= 15 is 0 Å². The van der Waals surface area contributed by atoms with Crippen molar-refractivity contribution in [2.75, 3.05) is 18.1 Å². The van der Waals surface area contributed by atoms with Crippen molar-refractivity contribution in [2.24, 2.45) is 0 Å². The minimum atomic E-state index is -3.16. The second-order valence-corrected chi connectivity index (χ2v) is 10.9. The number of sulfone groups is 1. The lowest BCUT2D eigenvalue weighted by Gasteiger charge is -2.29. The van der Waals surface area contributed by atoms with Gasteiger partial charge in [-0.25, -0.2) is 22.9 Å². The fourth-order valence-electron chi connectivity index (χ4n) is 4.24. The van der Waals surface area contributed by atoms with Gasteiger partial charge in [0.25, 0.3) is 5.91 Å². The Kier molecular flexibility index (Phi) is 6.48. The summed E-state index contributed by atoms with van der Waals surface area (Å²) < 4.78 is 36.5. The average Bonchev–Trinajstić information content (AvgIpc) is 3.52. The van der Waals surface area contributed by atoms with Gasteiger partial charge in [-0.05, 0) is 52.3 Å². The Morgan fingerprint density at radius 3 is 2.68 bits per heavy atom. The minimum absolute atomic E-state index is 0.00188. The number of likely N-dealkylation sites (N-methyl/N-ethyl adjacent to an activating group) is 1. The molecule has 34 heavy (non-hydrogen) atoms. The SMILES string of the molecule is CCN(C(=O)[C@@H](C)OC(=O)c1cc(-c2ccco2)nc2c1cnn2C(C)C)[C@H]1CCS(=O)(=O)C1. The smallest absolute Gasteiger partial charge is 0.339 e. The van der Waals surface area contributed by atoms with E-state index in [1.165, 1.54) is 18.1 Å². The van der Waals surface area contributed by atoms with Crippen molar-refractivity contribution >= 4 is 32.7 Å². The molecule has 0 aromatic carbocycles. The summed E-state index contributed by atoms with van der Waals surface area (Å²) in [6, 6.07) is 4.62. The summed E-state index contributed by atoms with van der Waals surface area (Å²) in [5, 5.41) is 4.87. The summed E-state index contributed by atoms with van der Waals surface area (Å²) >= 11 is 0. The molecule has 0 N–H and O–H groups in total. The van der Waals surface area contributed by atoms with Crippen LogP contribution in [0.2, 0.25) is 0 Å². The van der Waals surface area contributed by atoms with E-state index in [4.69, 9.17) is 9.15 Å². The molecule has 0 bridgehead atoms. The van der Waals surface area contributed by atoms with Gasteiger partial charge in [-0.15, -0.1) is 0 Å². The van der Waals surface area contributed by atoms with Crippen LogP contribution < -0.4 is 0 Å². The summed E-state index contributed by atoms with van der Waals surface area (Å²) in [5.74, 6) is -0.651. The summed E-state index contributed by atoms with van der Waals surface area (Å²) in [7, 11) is -3.16. The molecule has 10 nitrogen and oxygen atoms in total. The highest BCUT2D eigenvalue weighted by Crippen LogP contribution is 2.28. The predicted molar refractivity (Wildman–Crippen MR) is 125 cm³/mol. The molecule has 1 amide bonds. The number of furan rings is 1. The second-order valence-electron chi connectivity index (χ2n) is 8.68. The molecule has 0 radical (unpaired) electrons. The lowest BCUT2D eigenvalue weighted by atomic mass is 10.1. The minimum Gasteiger partial charge on any atom is -0.463 e. The molecule has 1 aliphatic heterocycles. The van der Waals surface area contributed by atoms with E-state index in [0.717, 1.165) is 0 Å². The van der Waals surface area contributed by atoms with Gasteiger partial charge < -0.3 is 14.1 Å². The molecule has 11 heteroatoms. The van der Waals surface area contributed by atoms with Gasteiger partial charge in [0.15, 0.2) is 27.3 Å². The third-order valence-electron chi connectivity index (χ3n) is 5.95. The standard InChI is InChI=1S/C23H28N4O6S/c1-5-26(16-8-10-34(30,31)13-16)22(28)15(4)33-23(29)17-11-19(20-7-6-9-32-20)25-21-18(17)12-24-27(21)14(2)3/h6-7,9,11-12,14-16H,5,8,10,13H2,1-4H3/t15-,16+/m1/s1. The first-order chi connectivity index (χ1) is 16.1. The van der Waals surface area contributed by atoms with Crippen LogP contribution in [0.3, 0.4) is 0 Å². The van der Waals surface area contributed by atoms with E-state index in [9.17, 15) is 18.0 Å². The number of hydrogen-bond acceptors (Lipinski definition) is 8. The molecular formula is C23H28N4O6S. The van der Waals surface area contributed by atoms with Crippen molar-refractivity contribution in [3.8, 4) is 11.5 Å². The molecule has 2 atom stereocenters. The third-order valence-corrected chi connectivity index (χ3v) is 7.70. The Bertz CT molecular complexity index is 1310.